The van der Waals surface area contributed by atoms with Crippen molar-refractivity contribution in [3.05, 3.63) is 11.1 Å². The summed E-state index contributed by atoms with van der Waals surface area (Å²) in [6.07, 6.45) is 1.92. The summed E-state index contributed by atoms with van der Waals surface area (Å²) in [5.41, 5.74) is 1.28. The second kappa shape index (κ2) is 4.07. The Kier molecular flexibility index (Phi) is 2.75. The molecule has 4 nitrogen and oxygen atoms in total. The van der Waals surface area contributed by atoms with Crippen LogP contribution in [0.5, 0.6) is 0 Å². The lowest BCUT2D eigenvalue weighted by molar-refractivity contribution is -0.142. The summed E-state index contributed by atoms with van der Waals surface area (Å²) in [6, 6.07) is 0. The lowest BCUT2D eigenvalue weighted by Crippen LogP contribution is -2.39. The predicted octanol–water partition coefficient (Wildman–Crippen LogP) is 1.43. The topological polar surface area (TPSA) is 55.8 Å². The van der Waals surface area contributed by atoms with Crippen LogP contribution in [0.3, 0.4) is 0 Å². The van der Waals surface area contributed by atoms with Crippen LogP contribution in [0.4, 0.5) is 0 Å². The predicted molar refractivity (Wildman–Crippen MR) is 64.9 cm³/mol. The van der Waals surface area contributed by atoms with Gasteiger partial charge in [-0.25, -0.2) is 4.79 Å². The molecule has 2 saturated heterocycles. The maximum atomic E-state index is 12.1. The van der Waals surface area contributed by atoms with Crippen molar-refractivity contribution in [2.24, 2.45) is 11.3 Å². The van der Waals surface area contributed by atoms with Crippen molar-refractivity contribution in [3.8, 4) is 0 Å². The van der Waals surface area contributed by atoms with Gasteiger partial charge in [-0.3, -0.25) is 0 Å². The zero-order valence-electron chi connectivity index (χ0n) is 10.9. The standard InChI is InChI=1S/C14H20O4/c1-8-10(15)3-5-14(2)11(8)13(16)18-12(14)9-4-6-17-7-9/h9-10,12,15H,3-7H2,1-2H3/t9-,10-,12-,14+/m0/s1. The second-order valence-electron chi connectivity index (χ2n) is 5.98. The van der Waals surface area contributed by atoms with Crippen LogP contribution in [-0.4, -0.2) is 36.5 Å². The Balaban J connectivity index is 1.99. The summed E-state index contributed by atoms with van der Waals surface area (Å²) >= 11 is 0. The normalized spacial score (nSPS) is 44.2. The molecule has 1 aliphatic carbocycles. The maximum Gasteiger partial charge on any atom is 0.335 e. The fourth-order valence-corrected chi connectivity index (χ4v) is 3.79. The number of hydrogen-bond donors (Lipinski definition) is 1. The van der Waals surface area contributed by atoms with Crippen LogP contribution >= 0.6 is 0 Å². The third-order valence-electron chi connectivity index (χ3n) is 4.86. The van der Waals surface area contributed by atoms with Crippen molar-refractivity contribution in [2.45, 2.75) is 45.3 Å². The van der Waals surface area contributed by atoms with E-state index in [-0.39, 0.29) is 17.5 Å². The van der Waals surface area contributed by atoms with Gasteiger partial charge in [0, 0.05) is 23.5 Å². The first kappa shape index (κ1) is 12.2. The van der Waals surface area contributed by atoms with E-state index in [9.17, 15) is 9.90 Å². The van der Waals surface area contributed by atoms with Gasteiger partial charge in [0.05, 0.1) is 12.7 Å². The van der Waals surface area contributed by atoms with Crippen LogP contribution in [0.25, 0.3) is 0 Å². The number of ether oxygens (including phenoxy) is 2. The van der Waals surface area contributed by atoms with Gasteiger partial charge in [0.2, 0.25) is 0 Å². The summed E-state index contributed by atoms with van der Waals surface area (Å²) in [6.45, 7) is 5.40. The number of hydrogen-bond acceptors (Lipinski definition) is 4. The van der Waals surface area contributed by atoms with Gasteiger partial charge in [-0.1, -0.05) is 6.92 Å². The van der Waals surface area contributed by atoms with Gasteiger partial charge < -0.3 is 14.6 Å². The lowest BCUT2D eigenvalue weighted by atomic mass is 9.66. The summed E-state index contributed by atoms with van der Waals surface area (Å²) < 4.78 is 11.0. The monoisotopic (exact) mass is 252 g/mol. The smallest absolute Gasteiger partial charge is 0.335 e. The lowest BCUT2D eigenvalue weighted by Gasteiger charge is -2.37. The molecular formula is C14H20O4. The first-order chi connectivity index (χ1) is 8.54. The molecule has 18 heavy (non-hydrogen) atoms. The Labute approximate surface area is 107 Å². The molecule has 0 spiro atoms. The van der Waals surface area contributed by atoms with Crippen molar-refractivity contribution in [1.82, 2.24) is 0 Å². The van der Waals surface area contributed by atoms with E-state index in [4.69, 9.17) is 9.47 Å². The van der Waals surface area contributed by atoms with Gasteiger partial charge in [0.15, 0.2) is 0 Å². The molecule has 3 rings (SSSR count). The number of cyclic esters (lactones) is 1. The molecule has 1 N–H and O–H groups in total. The maximum absolute atomic E-state index is 12.1. The Morgan fingerprint density at radius 3 is 2.83 bits per heavy atom. The number of aliphatic hydroxyl groups excluding tert-OH is 1. The molecule has 2 aliphatic heterocycles. The molecule has 0 unspecified atom stereocenters. The largest absolute Gasteiger partial charge is 0.458 e. The summed E-state index contributed by atoms with van der Waals surface area (Å²) in [5, 5.41) is 9.92. The average molecular weight is 252 g/mol. The number of carbonyl (C=O) groups is 1. The highest BCUT2D eigenvalue weighted by molar-refractivity contribution is 5.94. The van der Waals surface area contributed by atoms with E-state index in [1.807, 2.05) is 6.92 Å². The zero-order valence-corrected chi connectivity index (χ0v) is 10.9. The van der Waals surface area contributed by atoms with E-state index in [0.717, 1.165) is 30.6 Å². The molecule has 4 atom stereocenters. The highest BCUT2D eigenvalue weighted by Gasteiger charge is 2.56. The third kappa shape index (κ3) is 1.55. The first-order valence-corrected chi connectivity index (χ1v) is 6.72. The van der Waals surface area contributed by atoms with Crippen LogP contribution in [0.2, 0.25) is 0 Å². The molecule has 100 valence electrons. The molecule has 0 aromatic carbocycles. The molecule has 3 aliphatic rings. The fraction of sp³-hybridized carbons (Fsp3) is 0.786. The van der Waals surface area contributed by atoms with Crippen LogP contribution < -0.4 is 0 Å². The summed E-state index contributed by atoms with van der Waals surface area (Å²) in [5.74, 6) is 0.0742. The Bertz CT molecular complexity index is 408. The van der Waals surface area contributed by atoms with Gasteiger partial charge in [-0.05, 0) is 31.8 Å². The first-order valence-electron chi connectivity index (χ1n) is 6.72. The molecule has 0 bridgehead atoms. The minimum Gasteiger partial charge on any atom is -0.458 e. The third-order valence-corrected chi connectivity index (χ3v) is 4.86. The van der Waals surface area contributed by atoms with Gasteiger partial charge in [0.1, 0.15) is 6.10 Å². The van der Waals surface area contributed by atoms with Crippen molar-refractivity contribution in [2.75, 3.05) is 13.2 Å². The molecule has 0 aromatic heterocycles. The van der Waals surface area contributed by atoms with Crippen molar-refractivity contribution in [3.63, 3.8) is 0 Å². The van der Waals surface area contributed by atoms with Gasteiger partial charge in [-0.2, -0.15) is 0 Å². The minimum atomic E-state index is -0.487. The second-order valence-corrected chi connectivity index (χ2v) is 5.98. The van der Waals surface area contributed by atoms with Crippen LogP contribution in [0, 0.1) is 11.3 Å². The average Bonchev–Trinajstić information content (AvgIpc) is 2.92. The van der Waals surface area contributed by atoms with E-state index >= 15 is 0 Å². The summed E-state index contributed by atoms with van der Waals surface area (Å²) in [4.78, 5) is 12.1. The molecular weight excluding hydrogens is 232 g/mol. The highest BCUT2D eigenvalue weighted by atomic mass is 16.6. The van der Waals surface area contributed by atoms with E-state index < -0.39 is 6.10 Å². The Hall–Kier alpha value is -0.870. The number of aliphatic hydroxyl groups is 1. The summed E-state index contributed by atoms with van der Waals surface area (Å²) in [7, 11) is 0. The molecule has 0 saturated carbocycles. The molecule has 4 heteroatoms. The van der Waals surface area contributed by atoms with Gasteiger partial charge in [-0.15, -0.1) is 0 Å². The van der Waals surface area contributed by atoms with E-state index in [1.54, 1.807) is 0 Å². The number of fused-ring (bicyclic) bond motifs is 1. The van der Waals surface area contributed by atoms with Crippen molar-refractivity contribution < 1.29 is 19.4 Å². The highest BCUT2D eigenvalue weighted by Crippen LogP contribution is 2.52. The Morgan fingerprint density at radius 1 is 1.39 bits per heavy atom. The van der Waals surface area contributed by atoms with Crippen molar-refractivity contribution in [1.29, 1.82) is 0 Å². The van der Waals surface area contributed by atoms with E-state index in [1.165, 1.54) is 0 Å². The van der Waals surface area contributed by atoms with Crippen LogP contribution in [0.1, 0.15) is 33.1 Å². The quantitative estimate of drug-likeness (QED) is 0.717. The van der Waals surface area contributed by atoms with Gasteiger partial charge in [0.25, 0.3) is 0 Å². The Morgan fingerprint density at radius 2 is 2.17 bits per heavy atom. The zero-order chi connectivity index (χ0) is 12.9. The van der Waals surface area contributed by atoms with E-state index in [0.29, 0.717) is 18.9 Å². The van der Waals surface area contributed by atoms with Gasteiger partial charge >= 0.3 is 5.97 Å². The minimum absolute atomic E-state index is 0.0788. The number of rotatable bonds is 1. The fourth-order valence-electron chi connectivity index (χ4n) is 3.79. The van der Waals surface area contributed by atoms with Crippen LogP contribution in [0.15, 0.2) is 11.1 Å². The molecule has 2 heterocycles. The molecule has 2 fully saturated rings. The van der Waals surface area contributed by atoms with Crippen LogP contribution in [-0.2, 0) is 14.3 Å². The SMILES string of the molecule is CC1=C2C(=O)O[C@@H]([C@H]3CCOC3)[C@]2(C)CC[C@@H]1O. The molecule has 0 aromatic rings. The number of carbonyl (C=O) groups excluding carboxylic acids is 1. The van der Waals surface area contributed by atoms with Crippen molar-refractivity contribution >= 4 is 5.97 Å². The van der Waals surface area contributed by atoms with E-state index in [2.05, 4.69) is 6.92 Å². The number of esters is 1. The molecule has 0 radical (unpaired) electrons. The molecule has 0 amide bonds.